The third kappa shape index (κ3) is 4.79. The first-order chi connectivity index (χ1) is 11.5. The van der Waals surface area contributed by atoms with Crippen LogP contribution in [-0.2, 0) is 4.79 Å². The molecule has 0 saturated carbocycles. The second kappa shape index (κ2) is 8.44. The van der Waals surface area contributed by atoms with E-state index in [4.69, 9.17) is 9.47 Å². The zero-order valence-electron chi connectivity index (χ0n) is 13.1. The van der Waals surface area contributed by atoms with Crippen LogP contribution in [0, 0.1) is 3.57 Å². The van der Waals surface area contributed by atoms with Crippen LogP contribution in [0.2, 0.25) is 0 Å². The molecule has 0 aromatic heterocycles. The van der Waals surface area contributed by atoms with Crippen molar-refractivity contribution in [3.05, 3.63) is 57.2 Å². The van der Waals surface area contributed by atoms with E-state index in [1.165, 1.54) is 20.2 Å². The van der Waals surface area contributed by atoms with E-state index >= 15 is 0 Å². The molecule has 0 fully saturated rings. The Hall–Kier alpha value is -2.42. The van der Waals surface area contributed by atoms with Crippen LogP contribution in [0.1, 0.15) is 22.8 Å². The van der Waals surface area contributed by atoms with Crippen LogP contribution in [0.15, 0.2) is 47.6 Å². The van der Waals surface area contributed by atoms with Crippen LogP contribution in [0.25, 0.3) is 0 Å². The molecule has 2 aromatic rings. The van der Waals surface area contributed by atoms with Crippen molar-refractivity contribution in [2.45, 2.75) is 6.92 Å². The van der Waals surface area contributed by atoms with Gasteiger partial charge in [0.2, 0.25) is 0 Å². The Bertz CT molecular complexity index is 790. The van der Waals surface area contributed by atoms with Gasteiger partial charge >= 0.3 is 5.97 Å². The Balaban J connectivity index is 2.08. The van der Waals surface area contributed by atoms with Gasteiger partial charge in [0, 0.05) is 10.5 Å². The Morgan fingerprint density at radius 1 is 1.17 bits per heavy atom. The number of methoxy groups -OCH3 is 1. The van der Waals surface area contributed by atoms with Crippen LogP contribution in [0.5, 0.6) is 11.5 Å². The fourth-order valence-electron chi connectivity index (χ4n) is 1.87. The number of nitrogens with zero attached hydrogens (tertiary/aromatic N) is 1. The number of hydrazone groups is 1. The number of carbonyl (C=O) groups excluding carboxylic acids is 2. The monoisotopic (exact) mass is 438 g/mol. The number of hydrogen-bond donors (Lipinski definition) is 1. The Labute approximate surface area is 153 Å². The van der Waals surface area contributed by atoms with Crippen LogP contribution in [0.4, 0.5) is 0 Å². The van der Waals surface area contributed by atoms with Crippen molar-refractivity contribution in [2.24, 2.45) is 5.10 Å². The van der Waals surface area contributed by atoms with Crippen LogP contribution < -0.4 is 14.9 Å². The zero-order chi connectivity index (χ0) is 17.5. The molecule has 0 atom stereocenters. The van der Waals surface area contributed by atoms with Gasteiger partial charge in [-0.05, 0) is 58.5 Å². The number of nitrogens with one attached hydrogen (secondary N) is 1. The topological polar surface area (TPSA) is 77.0 Å². The molecule has 1 amide bonds. The SMILES string of the molecule is COc1cc(/C=N/NC(=O)c2ccccc2I)ccc1OC(C)=O. The third-order valence-electron chi connectivity index (χ3n) is 2.94. The molecule has 2 rings (SSSR count). The van der Waals surface area contributed by atoms with Gasteiger partial charge in [0.15, 0.2) is 11.5 Å². The molecule has 0 spiro atoms. The Kier molecular flexibility index (Phi) is 6.30. The maximum atomic E-state index is 12.0. The number of esters is 1. The lowest BCUT2D eigenvalue weighted by Crippen LogP contribution is -2.18. The highest BCUT2D eigenvalue weighted by molar-refractivity contribution is 14.1. The smallest absolute Gasteiger partial charge is 0.308 e. The van der Waals surface area contributed by atoms with E-state index in [-0.39, 0.29) is 5.91 Å². The van der Waals surface area contributed by atoms with Crippen molar-refractivity contribution < 1.29 is 19.1 Å². The summed E-state index contributed by atoms with van der Waals surface area (Å²) in [5.41, 5.74) is 3.71. The van der Waals surface area contributed by atoms with E-state index < -0.39 is 5.97 Å². The minimum atomic E-state index is -0.431. The minimum Gasteiger partial charge on any atom is -0.493 e. The summed E-state index contributed by atoms with van der Waals surface area (Å²) < 4.78 is 11.0. The second-order valence-electron chi connectivity index (χ2n) is 4.68. The normalized spacial score (nSPS) is 10.5. The third-order valence-corrected chi connectivity index (χ3v) is 3.88. The van der Waals surface area contributed by atoms with E-state index in [0.29, 0.717) is 22.6 Å². The number of ether oxygens (including phenoxy) is 2. The summed E-state index contributed by atoms with van der Waals surface area (Å²) in [7, 11) is 1.47. The molecule has 24 heavy (non-hydrogen) atoms. The second-order valence-corrected chi connectivity index (χ2v) is 5.85. The predicted octanol–water partition coefficient (Wildman–Crippen LogP) is 2.99. The lowest BCUT2D eigenvalue weighted by molar-refractivity contribution is -0.132. The average Bonchev–Trinajstić information content (AvgIpc) is 2.56. The highest BCUT2D eigenvalue weighted by Crippen LogP contribution is 2.27. The standard InChI is InChI=1S/C17H15IN2O4/c1-11(21)24-15-8-7-12(9-16(15)23-2)10-19-20-17(22)13-5-3-4-6-14(13)18/h3-10H,1-2H3,(H,20,22)/b19-10+. The summed E-state index contributed by atoms with van der Waals surface area (Å²) in [5.74, 6) is 0.00213. The fraction of sp³-hybridized carbons (Fsp3) is 0.118. The van der Waals surface area contributed by atoms with Gasteiger partial charge in [-0.2, -0.15) is 5.10 Å². The van der Waals surface area contributed by atoms with Crippen molar-refractivity contribution in [3.8, 4) is 11.5 Å². The maximum absolute atomic E-state index is 12.0. The van der Waals surface area contributed by atoms with Gasteiger partial charge in [-0.1, -0.05) is 12.1 Å². The molecule has 0 radical (unpaired) electrons. The number of hydrogen-bond acceptors (Lipinski definition) is 5. The molecule has 0 unspecified atom stereocenters. The largest absolute Gasteiger partial charge is 0.493 e. The molecule has 2 aromatic carbocycles. The van der Waals surface area contributed by atoms with Crippen LogP contribution in [-0.4, -0.2) is 25.2 Å². The average molecular weight is 438 g/mol. The molecule has 0 heterocycles. The number of benzene rings is 2. The molecule has 0 bridgehead atoms. The van der Waals surface area contributed by atoms with Gasteiger partial charge in [0.1, 0.15) is 0 Å². The maximum Gasteiger partial charge on any atom is 0.308 e. The summed E-state index contributed by atoms with van der Waals surface area (Å²) in [4.78, 5) is 23.1. The van der Waals surface area contributed by atoms with Crippen molar-refractivity contribution in [2.75, 3.05) is 7.11 Å². The number of amides is 1. The lowest BCUT2D eigenvalue weighted by atomic mass is 10.2. The van der Waals surface area contributed by atoms with Gasteiger partial charge in [0.25, 0.3) is 5.91 Å². The lowest BCUT2D eigenvalue weighted by Gasteiger charge is -2.08. The molecule has 0 saturated heterocycles. The molecule has 0 aliphatic carbocycles. The Morgan fingerprint density at radius 3 is 2.58 bits per heavy atom. The van der Waals surface area contributed by atoms with E-state index in [2.05, 4.69) is 33.1 Å². The highest BCUT2D eigenvalue weighted by Gasteiger charge is 2.09. The summed E-state index contributed by atoms with van der Waals surface area (Å²) in [6.45, 7) is 1.31. The molecule has 7 heteroatoms. The Morgan fingerprint density at radius 2 is 1.92 bits per heavy atom. The number of halogens is 1. The van der Waals surface area contributed by atoms with Gasteiger partial charge < -0.3 is 9.47 Å². The summed E-state index contributed by atoms with van der Waals surface area (Å²) in [6, 6.07) is 12.2. The van der Waals surface area contributed by atoms with Gasteiger partial charge in [-0.3, -0.25) is 9.59 Å². The summed E-state index contributed by atoms with van der Waals surface area (Å²) in [5, 5.41) is 3.93. The fourth-order valence-corrected chi connectivity index (χ4v) is 2.51. The minimum absolute atomic E-state index is 0.292. The molecular weight excluding hydrogens is 423 g/mol. The van der Waals surface area contributed by atoms with Gasteiger partial charge in [-0.25, -0.2) is 5.43 Å². The first-order valence-corrected chi connectivity index (χ1v) is 8.03. The molecule has 124 valence electrons. The van der Waals surface area contributed by atoms with Crippen molar-refractivity contribution in [1.29, 1.82) is 0 Å². The quantitative estimate of drug-likeness (QED) is 0.256. The van der Waals surface area contributed by atoms with Gasteiger partial charge in [-0.15, -0.1) is 0 Å². The molecule has 0 aliphatic rings. The molecule has 6 nitrogen and oxygen atoms in total. The predicted molar refractivity (Wildman–Crippen MR) is 98.5 cm³/mol. The highest BCUT2D eigenvalue weighted by atomic mass is 127. The van der Waals surface area contributed by atoms with E-state index in [1.807, 2.05) is 12.1 Å². The van der Waals surface area contributed by atoms with Crippen LogP contribution in [0.3, 0.4) is 0 Å². The van der Waals surface area contributed by atoms with Gasteiger partial charge in [0.05, 0.1) is 18.9 Å². The van der Waals surface area contributed by atoms with E-state index in [1.54, 1.807) is 30.3 Å². The van der Waals surface area contributed by atoms with Crippen molar-refractivity contribution in [3.63, 3.8) is 0 Å². The molecular formula is C17H15IN2O4. The molecule has 0 aliphatic heterocycles. The number of rotatable bonds is 5. The van der Waals surface area contributed by atoms with Crippen molar-refractivity contribution in [1.82, 2.24) is 5.43 Å². The number of carbonyl (C=O) groups is 2. The molecule has 1 N–H and O–H groups in total. The van der Waals surface area contributed by atoms with Crippen LogP contribution >= 0.6 is 22.6 Å². The first-order valence-electron chi connectivity index (χ1n) is 6.95. The zero-order valence-corrected chi connectivity index (χ0v) is 15.2. The first kappa shape index (κ1) is 17.9. The van der Waals surface area contributed by atoms with E-state index in [0.717, 1.165) is 3.57 Å². The van der Waals surface area contributed by atoms with Crippen molar-refractivity contribution >= 4 is 40.7 Å². The summed E-state index contributed by atoms with van der Waals surface area (Å²) >= 11 is 2.09. The van der Waals surface area contributed by atoms with E-state index in [9.17, 15) is 9.59 Å². The summed E-state index contributed by atoms with van der Waals surface area (Å²) in [6.07, 6.45) is 1.48.